The van der Waals surface area contributed by atoms with Crippen LogP contribution in [0, 0.1) is 5.92 Å². The fourth-order valence-electron chi connectivity index (χ4n) is 2.02. The summed E-state index contributed by atoms with van der Waals surface area (Å²) in [4.78, 5) is 11.5. The second kappa shape index (κ2) is 3.78. The van der Waals surface area contributed by atoms with E-state index in [1.807, 2.05) is 6.08 Å². The summed E-state index contributed by atoms with van der Waals surface area (Å²) < 4.78 is 0. The van der Waals surface area contributed by atoms with Crippen molar-refractivity contribution in [3.05, 3.63) is 12.7 Å². The van der Waals surface area contributed by atoms with Gasteiger partial charge in [-0.15, -0.1) is 6.58 Å². The molecule has 0 aromatic rings. The van der Waals surface area contributed by atoms with Gasteiger partial charge in [0.2, 0.25) is 0 Å². The molecule has 0 aromatic heterocycles. The number of hydrogen-bond acceptors (Lipinski definition) is 1. The van der Waals surface area contributed by atoms with E-state index in [9.17, 15) is 4.79 Å². The van der Waals surface area contributed by atoms with E-state index < -0.39 is 8.07 Å². The van der Waals surface area contributed by atoms with Gasteiger partial charge in [-0.25, -0.2) is 0 Å². The van der Waals surface area contributed by atoms with Crippen molar-refractivity contribution in [1.82, 2.24) is 0 Å². The minimum Gasteiger partial charge on any atom is -0.300 e. The average Bonchev–Trinajstić information content (AvgIpc) is 2.01. The van der Waals surface area contributed by atoms with Crippen LogP contribution in [0.15, 0.2) is 12.7 Å². The van der Waals surface area contributed by atoms with Crippen molar-refractivity contribution in [3.63, 3.8) is 0 Å². The van der Waals surface area contributed by atoms with E-state index in [4.69, 9.17) is 0 Å². The maximum atomic E-state index is 11.5. The van der Waals surface area contributed by atoms with E-state index in [1.165, 1.54) is 6.42 Å². The van der Waals surface area contributed by atoms with E-state index in [2.05, 4.69) is 26.2 Å². The van der Waals surface area contributed by atoms with Crippen molar-refractivity contribution in [2.45, 2.75) is 44.4 Å². The van der Waals surface area contributed by atoms with E-state index in [0.717, 1.165) is 12.8 Å². The number of carbonyl (C=O) groups excluding carboxylic acids is 1. The van der Waals surface area contributed by atoms with Crippen LogP contribution in [0.2, 0.25) is 25.2 Å². The summed E-state index contributed by atoms with van der Waals surface area (Å²) in [5, 5.41) is 0. The molecule has 0 aliphatic heterocycles. The Morgan fingerprint density at radius 1 is 1.38 bits per heavy atom. The van der Waals surface area contributed by atoms with Gasteiger partial charge in [0.05, 0.1) is 0 Å². The molecule has 1 aliphatic carbocycles. The second-order valence-corrected chi connectivity index (χ2v) is 10.8. The normalized spacial score (nSPS) is 30.2. The predicted molar refractivity (Wildman–Crippen MR) is 59.6 cm³/mol. The molecular weight excluding hydrogens is 176 g/mol. The Kier molecular flexibility index (Phi) is 3.12. The molecule has 0 aromatic carbocycles. The van der Waals surface area contributed by atoms with E-state index in [0.29, 0.717) is 17.2 Å². The lowest BCUT2D eigenvalue weighted by atomic mass is 9.88. The zero-order valence-electron chi connectivity index (χ0n) is 8.97. The van der Waals surface area contributed by atoms with E-state index in [1.54, 1.807) is 0 Å². The van der Waals surface area contributed by atoms with Gasteiger partial charge in [0.15, 0.2) is 0 Å². The summed E-state index contributed by atoms with van der Waals surface area (Å²) in [6, 6.07) is 0. The fraction of sp³-hybridized carbons (Fsp3) is 0.727. The highest BCUT2D eigenvalue weighted by atomic mass is 28.3. The SMILES string of the molecule is C=C[C@@H]1CC(=O)C[C@@H]([Si](C)(C)C)C1. The lowest BCUT2D eigenvalue weighted by Gasteiger charge is -2.34. The summed E-state index contributed by atoms with van der Waals surface area (Å²) in [6.07, 6.45) is 4.74. The van der Waals surface area contributed by atoms with Gasteiger partial charge >= 0.3 is 0 Å². The van der Waals surface area contributed by atoms with Crippen molar-refractivity contribution in [3.8, 4) is 0 Å². The Hall–Kier alpha value is -0.373. The third kappa shape index (κ3) is 2.80. The summed E-state index contributed by atoms with van der Waals surface area (Å²) >= 11 is 0. The standard InChI is InChI=1S/C11H20OSi/c1-5-9-6-10(12)8-11(7-9)13(2,3)4/h5,9,11H,1,6-8H2,2-4H3/t9-,11+/m1/s1. The molecule has 0 unspecified atom stereocenters. The van der Waals surface area contributed by atoms with Crippen molar-refractivity contribution in [2.24, 2.45) is 5.92 Å². The van der Waals surface area contributed by atoms with Crippen LogP contribution in [0.25, 0.3) is 0 Å². The number of allylic oxidation sites excluding steroid dienone is 1. The van der Waals surface area contributed by atoms with Crippen LogP contribution in [-0.4, -0.2) is 13.9 Å². The zero-order chi connectivity index (χ0) is 10.1. The smallest absolute Gasteiger partial charge is 0.133 e. The first-order valence-electron chi connectivity index (χ1n) is 5.07. The molecule has 0 spiro atoms. The third-order valence-corrected chi connectivity index (χ3v) is 6.00. The quantitative estimate of drug-likeness (QED) is 0.489. The van der Waals surface area contributed by atoms with Crippen LogP contribution >= 0.6 is 0 Å². The van der Waals surface area contributed by atoms with Gasteiger partial charge in [-0.05, 0) is 17.9 Å². The second-order valence-electron chi connectivity index (χ2n) is 5.24. The molecule has 13 heavy (non-hydrogen) atoms. The van der Waals surface area contributed by atoms with Crippen molar-refractivity contribution < 1.29 is 4.79 Å². The molecule has 1 saturated carbocycles. The van der Waals surface area contributed by atoms with Crippen molar-refractivity contribution >= 4 is 13.9 Å². The number of rotatable bonds is 2. The highest BCUT2D eigenvalue weighted by Gasteiger charge is 2.34. The van der Waals surface area contributed by atoms with E-state index in [-0.39, 0.29) is 0 Å². The molecule has 2 heteroatoms. The Morgan fingerprint density at radius 3 is 2.46 bits per heavy atom. The number of carbonyl (C=O) groups is 1. The highest BCUT2D eigenvalue weighted by molar-refractivity contribution is 6.77. The monoisotopic (exact) mass is 196 g/mol. The number of Topliss-reactive ketones (excluding diaryl/α,β-unsaturated/α-hetero) is 1. The lowest BCUT2D eigenvalue weighted by molar-refractivity contribution is -0.121. The molecule has 0 amide bonds. The van der Waals surface area contributed by atoms with Crippen molar-refractivity contribution in [2.75, 3.05) is 0 Å². The molecule has 1 aliphatic rings. The molecular formula is C11H20OSi. The van der Waals surface area contributed by atoms with Gasteiger partial charge in [0, 0.05) is 20.9 Å². The van der Waals surface area contributed by atoms with Gasteiger partial charge < -0.3 is 0 Å². The molecule has 1 rings (SSSR count). The Balaban J connectivity index is 2.67. The molecule has 74 valence electrons. The fourth-order valence-corrected chi connectivity index (χ4v) is 3.87. The maximum Gasteiger partial charge on any atom is 0.133 e. The van der Waals surface area contributed by atoms with Crippen LogP contribution in [0.1, 0.15) is 19.3 Å². The van der Waals surface area contributed by atoms with Crippen LogP contribution in [0.3, 0.4) is 0 Å². The third-order valence-electron chi connectivity index (χ3n) is 3.11. The molecule has 1 fully saturated rings. The van der Waals surface area contributed by atoms with Crippen LogP contribution in [0.4, 0.5) is 0 Å². The van der Waals surface area contributed by atoms with Gasteiger partial charge in [-0.3, -0.25) is 4.79 Å². The molecule has 0 saturated heterocycles. The Morgan fingerprint density at radius 2 is 2.00 bits per heavy atom. The van der Waals surface area contributed by atoms with E-state index >= 15 is 0 Å². The maximum absolute atomic E-state index is 11.5. The van der Waals surface area contributed by atoms with Crippen LogP contribution in [-0.2, 0) is 4.79 Å². The first-order chi connectivity index (χ1) is 5.93. The molecule has 0 heterocycles. The van der Waals surface area contributed by atoms with Crippen LogP contribution in [0.5, 0.6) is 0 Å². The summed E-state index contributed by atoms with van der Waals surface area (Å²) in [7, 11) is -1.12. The minimum atomic E-state index is -1.12. The average molecular weight is 196 g/mol. The molecule has 0 N–H and O–H groups in total. The number of ketones is 1. The van der Waals surface area contributed by atoms with Gasteiger partial charge in [0.25, 0.3) is 0 Å². The summed E-state index contributed by atoms with van der Waals surface area (Å²) in [5.41, 5.74) is 0.678. The summed E-state index contributed by atoms with van der Waals surface area (Å²) in [5.74, 6) is 0.904. The van der Waals surface area contributed by atoms with Crippen LogP contribution < -0.4 is 0 Å². The highest BCUT2D eigenvalue weighted by Crippen LogP contribution is 2.38. The summed E-state index contributed by atoms with van der Waals surface area (Å²) in [6.45, 7) is 10.9. The molecule has 2 atom stereocenters. The first kappa shape index (κ1) is 10.7. The van der Waals surface area contributed by atoms with Gasteiger partial charge in [-0.2, -0.15) is 0 Å². The van der Waals surface area contributed by atoms with Crippen molar-refractivity contribution in [1.29, 1.82) is 0 Å². The largest absolute Gasteiger partial charge is 0.300 e. The number of hydrogen-bond donors (Lipinski definition) is 0. The molecule has 1 nitrogen and oxygen atoms in total. The topological polar surface area (TPSA) is 17.1 Å². The molecule has 0 bridgehead atoms. The van der Waals surface area contributed by atoms with Gasteiger partial charge in [-0.1, -0.05) is 25.7 Å². The van der Waals surface area contributed by atoms with Gasteiger partial charge in [0.1, 0.15) is 5.78 Å². The minimum absolute atomic E-state index is 0.448. The first-order valence-corrected chi connectivity index (χ1v) is 8.65. The zero-order valence-corrected chi connectivity index (χ0v) is 9.97. The predicted octanol–water partition coefficient (Wildman–Crippen LogP) is 3.25. The Bertz CT molecular complexity index is 215. The molecule has 0 radical (unpaired) electrons. The Labute approximate surface area is 82.2 Å². The lowest BCUT2D eigenvalue weighted by Crippen LogP contribution is -2.34.